The molecule has 6 heteroatoms. The highest BCUT2D eigenvalue weighted by molar-refractivity contribution is 5.79. The molecule has 0 saturated carbocycles. The van der Waals surface area contributed by atoms with Crippen LogP contribution in [0, 0.1) is 0 Å². The normalized spacial score (nSPS) is 16.2. The second-order valence-electron chi connectivity index (χ2n) is 5.91. The fourth-order valence-electron chi connectivity index (χ4n) is 3.06. The van der Waals surface area contributed by atoms with E-state index in [1.165, 1.54) is 19.6 Å². The van der Waals surface area contributed by atoms with Crippen molar-refractivity contribution in [2.24, 2.45) is 0 Å². The summed E-state index contributed by atoms with van der Waals surface area (Å²) in [6.45, 7) is 2.59. The summed E-state index contributed by atoms with van der Waals surface area (Å²) in [4.78, 5) is 37.0. The van der Waals surface area contributed by atoms with Gasteiger partial charge in [-0.3, -0.25) is 14.4 Å². The first kappa shape index (κ1) is 18.0. The van der Waals surface area contributed by atoms with E-state index in [9.17, 15) is 14.4 Å². The summed E-state index contributed by atoms with van der Waals surface area (Å²) in [6.07, 6.45) is 1.86. The van der Waals surface area contributed by atoms with Gasteiger partial charge in [-0.05, 0) is 24.0 Å². The van der Waals surface area contributed by atoms with Crippen LogP contribution >= 0.6 is 0 Å². The molecule has 0 radical (unpaired) electrons. The molecule has 1 aromatic rings. The van der Waals surface area contributed by atoms with Crippen molar-refractivity contribution in [1.29, 1.82) is 0 Å². The fourth-order valence-corrected chi connectivity index (χ4v) is 3.06. The number of esters is 1. The summed E-state index contributed by atoms with van der Waals surface area (Å²) in [5.74, 6) is -0.422. The van der Waals surface area contributed by atoms with Gasteiger partial charge in [-0.1, -0.05) is 24.3 Å². The Bertz CT molecular complexity index is 615. The molecule has 0 spiro atoms. The first-order valence-electron chi connectivity index (χ1n) is 8.21. The monoisotopic (exact) mass is 332 g/mol. The lowest BCUT2D eigenvalue weighted by Gasteiger charge is -2.36. The number of hydrogen-bond acceptors (Lipinski definition) is 4. The van der Waals surface area contributed by atoms with Gasteiger partial charge in [0.05, 0.1) is 19.6 Å². The second-order valence-corrected chi connectivity index (χ2v) is 5.91. The lowest BCUT2D eigenvalue weighted by molar-refractivity contribution is -0.141. The Labute approximate surface area is 142 Å². The van der Waals surface area contributed by atoms with Gasteiger partial charge < -0.3 is 15.0 Å². The van der Waals surface area contributed by atoms with Crippen molar-refractivity contribution in [2.75, 3.05) is 20.2 Å². The highest BCUT2D eigenvalue weighted by Gasteiger charge is 2.30. The van der Waals surface area contributed by atoms with E-state index in [1.807, 2.05) is 24.3 Å². The number of nitrogens with zero attached hydrogens (tertiary/aromatic N) is 1. The molecule has 0 bridgehead atoms. The molecule has 1 aliphatic rings. The van der Waals surface area contributed by atoms with Crippen LogP contribution in [-0.4, -0.2) is 42.9 Å². The fraction of sp³-hybridized carbons (Fsp3) is 0.500. The van der Waals surface area contributed by atoms with E-state index in [0.29, 0.717) is 19.5 Å². The van der Waals surface area contributed by atoms with Crippen molar-refractivity contribution < 1.29 is 19.1 Å². The largest absolute Gasteiger partial charge is 0.469 e. The van der Waals surface area contributed by atoms with E-state index in [2.05, 4.69) is 10.1 Å². The second kappa shape index (κ2) is 8.47. The zero-order valence-corrected chi connectivity index (χ0v) is 14.2. The summed E-state index contributed by atoms with van der Waals surface area (Å²) in [5, 5.41) is 2.82. The molecule has 1 unspecified atom stereocenters. The minimum atomic E-state index is -0.284. The molecule has 0 aliphatic carbocycles. The first-order chi connectivity index (χ1) is 11.5. The molecular weight excluding hydrogens is 308 g/mol. The van der Waals surface area contributed by atoms with E-state index in [4.69, 9.17) is 0 Å². The lowest BCUT2D eigenvalue weighted by Crippen LogP contribution is -2.41. The number of fused-ring (bicyclic) bond motifs is 1. The molecule has 24 heavy (non-hydrogen) atoms. The smallest absolute Gasteiger partial charge is 0.305 e. The third-order valence-corrected chi connectivity index (χ3v) is 4.30. The standard InChI is InChI=1S/C18H24N2O4/c1-13(21)20-11-9-14-6-3-4-7-15(14)16(20)12-17(22)19-10-5-8-18(23)24-2/h3-4,6-7,16H,5,8-12H2,1-2H3,(H,19,22). The zero-order chi connectivity index (χ0) is 17.5. The Morgan fingerprint density at radius 1 is 1.29 bits per heavy atom. The molecular formula is C18H24N2O4. The maximum Gasteiger partial charge on any atom is 0.305 e. The van der Waals surface area contributed by atoms with E-state index in [1.54, 1.807) is 4.90 Å². The number of nitrogens with one attached hydrogen (secondary N) is 1. The van der Waals surface area contributed by atoms with Gasteiger partial charge in [0, 0.05) is 26.4 Å². The van der Waals surface area contributed by atoms with Crippen LogP contribution in [0.4, 0.5) is 0 Å². The van der Waals surface area contributed by atoms with Crippen LogP contribution in [0.2, 0.25) is 0 Å². The van der Waals surface area contributed by atoms with Crippen molar-refractivity contribution in [3.63, 3.8) is 0 Å². The molecule has 2 amide bonds. The Balaban J connectivity index is 1.96. The molecule has 130 valence electrons. The average molecular weight is 332 g/mol. The van der Waals surface area contributed by atoms with Crippen LogP contribution < -0.4 is 5.32 Å². The van der Waals surface area contributed by atoms with Gasteiger partial charge in [0.25, 0.3) is 0 Å². The average Bonchev–Trinajstić information content (AvgIpc) is 2.58. The summed E-state index contributed by atoms with van der Waals surface area (Å²) >= 11 is 0. The van der Waals surface area contributed by atoms with Crippen LogP contribution in [-0.2, 0) is 25.5 Å². The van der Waals surface area contributed by atoms with Gasteiger partial charge in [0.2, 0.25) is 11.8 Å². The number of carbonyl (C=O) groups is 3. The Hall–Kier alpha value is -2.37. The Morgan fingerprint density at radius 3 is 2.75 bits per heavy atom. The topological polar surface area (TPSA) is 75.7 Å². The van der Waals surface area contributed by atoms with Crippen molar-refractivity contribution in [2.45, 2.75) is 38.6 Å². The molecule has 2 rings (SSSR count). The number of benzene rings is 1. The number of methoxy groups -OCH3 is 1. The molecule has 1 heterocycles. The van der Waals surface area contributed by atoms with Gasteiger partial charge in [-0.25, -0.2) is 0 Å². The van der Waals surface area contributed by atoms with Gasteiger partial charge in [-0.15, -0.1) is 0 Å². The maximum absolute atomic E-state index is 12.2. The number of hydrogen-bond donors (Lipinski definition) is 1. The zero-order valence-electron chi connectivity index (χ0n) is 14.2. The highest BCUT2D eigenvalue weighted by Crippen LogP contribution is 2.32. The van der Waals surface area contributed by atoms with Gasteiger partial charge >= 0.3 is 5.97 Å². The quantitative estimate of drug-likeness (QED) is 0.634. The SMILES string of the molecule is COC(=O)CCCNC(=O)CC1c2ccccc2CCN1C(C)=O. The minimum absolute atomic E-state index is 0.0204. The van der Waals surface area contributed by atoms with Crippen molar-refractivity contribution in [3.05, 3.63) is 35.4 Å². The molecule has 1 N–H and O–H groups in total. The summed E-state index contributed by atoms with van der Waals surface area (Å²) in [7, 11) is 1.35. The predicted molar refractivity (Wildman–Crippen MR) is 89.2 cm³/mol. The van der Waals surface area contributed by atoms with Gasteiger partial charge in [0.1, 0.15) is 0 Å². The molecule has 0 aromatic heterocycles. The molecule has 1 atom stereocenters. The van der Waals surface area contributed by atoms with Crippen LogP contribution in [0.3, 0.4) is 0 Å². The summed E-state index contributed by atoms with van der Waals surface area (Å²) < 4.78 is 4.56. The Kier molecular flexibility index (Phi) is 6.35. The molecule has 0 saturated heterocycles. The van der Waals surface area contributed by atoms with Gasteiger partial charge in [-0.2, -0.15) is 0 Å². The summed E-state index contributed by atoms with van der Waals surface area (Å²) in [6, 6.07) is 7.72. The molecule has 0 fully saturated rings. The van der Waals surface area contributed by atoms with Gasteiger partial charge in [0.15, 0.2) is 0 Å². The minimum Gasteiger partial charge on any atom is -0.469 e. The number of amides is 2. The third kappa shape index (κ3) is 4.57. The van der Waals surface area contributed by atoms with E-state index in [-0.39, 0.29) is 36.7 Å². The molecule has 1 aromatic carbocycles. The third-order valence-electron chi connectivity index (χ3n) is 4.30. The number of rotatable bonds is 6. The van der Waals surface area contributed by atoms with Crippen LogP contribution in [0.15, 0.2) is 24.3 Å². The summed E-state index contributed by atoms with van der Waals surface area (Å²) in [5.41, 5.74) is 2.24. The van der Waals surface area contributed by atoms with Crippen LogP contribution in [0.5, 0.6) is 0 Å². The van der Waals surface area contributed by atoms with Crippen LogP contribution in [0.25, 0.3) is 0 Å². The first-order valence-corrected chi connectivity index (χ1v) is 8.21. The highest BCUT2D eigenvalue weighted by atomic mass is 16.5. The Morgan fingerprint density at radius 2 is 2.04 bits per heavy atom. The molecule has 6 nitrogen and oxygen atoms in total. The maximum atomic E-state index is 12.2. The van der Waals surface area contributed by atoms with Crippen molar-refractivity contribution in [3.8, 4) is 0 Å². The van der Waals surface area contributed by atoms with E-state index >= 15 is 0 Å². The number of carbonyl (C=O) groups excluding carboxylic acids is 3. The van der Waals surface area contributed by atoms with Crippen molar-refractivity contribution >= 4 is 17.8 Å². The predicted octanol–water partition coefficient (Wildman–Crippen LogP) is 1.59. The number of ether oxygens (including phenoxy) is 1. The van der Waals surface area contributed by atoms with E-state index < -0.39 is 0 Å². The van der Waals surface area contributed by atoms with Crippen LogP contribution in [0.1, 0.15) is 43.4 Å². The van der Waals surface area contributed by atoms with Crippen molar-refractivity contribution in [1.82, 2.24) is 10.2 Å². The molecule has 1 aliphatic heterocycles. The lowest BCUT2D eigenvalue weighted by atomic mass is 9.90. The van der Waals surface area contributed by atoms with E-state index in [0.717, 1.165) is 12.0 Å².